The summed E-state index contributed by atoms with van der Waals surface area (Å²) in [6.07, 6.45) is 3.21. The van der Waals surface area contributed by atoms with Crippen LogP contribution in [-0.4, -0.2) is 22.3 Å². The van der Waals surface area contributed by atoms with Crippen LogP contribution >= 0.6 is 0 Å². The van der Waals surface area contributed by atoms with Crippen LogP contribution in [-0.2, 0) is 4.79 Å². The second-order valence-corrected chi connectivity index (χ2v) is 6.18. The highest BCUT2D eigenvalue weighted by Crippen LogP contribution is 2.37. The molecule has 1 aliphatic rings. The van der Waals surface area contributed by atoms with E-state index < -0.39 is 0 Å². The molecule has 3 rings (SSSR count). The molecule has 4 heteroatoms. The van der Waals surface area contributed by atoms with Crippen molar-refractivity contribution in [3.05, 3.63) is 54.6 Å². The van der Waals surface area contributed by atoms with Crippen molar-refractivity contribution in [1.29, 1.82) is 0 Å². The van der Waals surface area contributed by atoms with Crippen LogP contribution in [0.3, 0.4) is 0 Å². The van der Waals surface area contributed by atoms with Gasteiger partial charge in [-0.3, -0.25) is 4.79 Å². The lowest BCUT2D eigenvalue weighted by molar-refractivity contribution is -0.127. The number of likely N-dealkylation sites (tertiary alicyclic amines) is 1. The first-order valence-corrected chi connectivity index (χ1v) is 8.11. The molecule has 1 fully saturated rings. The fourth-order valence-corrected chi connectivity index (χ4v) is 3.09. The summed E-state index contributed by atoms with van der Waals surface area (Å²) in [7, 11) is 0. The Bertz CT molecular complexity index is 703. The summed E-state index contributed by atoms with van der Waals surface area (Å²) in [5, 5.41) is 0. The van der Waals surface area contributed by atoms with E-state index in [-0.39, 0.29) is 17.9 Å². The molecule has 0 spiro atoms. The monoisotopic (exact) mass is 310 g/mol. The number of hydrogen-bond acceptors (Lipinski definition) is 3. The molecule has 1 saturated heterocycles. The number of carbonyl (C=O) groups is 1. The lowest BCUT2D eigenvalue weighted by Gasteiger charge is -2.20. The van der Waals surface area contributed by atoms with Crippen LogP contribution in [0.5, 0.6) is 0 Å². The highest BCUT2D eigenvalue weighted by molar-refractivity contribution is 5.87. The van der Waals surface area contributed by atoms with Gasteiger partial charge in [0.1, 0.15) is 17.5 Å². The van der Waals surface area contributed by atoms with Crippen molar-refractivity contribution in [3.63, 3.8) is 0 Å². The number of amides is 1. The molecule has 0 aliphatic carbocycles. The number of rotatable bonds is 4. The van der Waals surface area contributed by atoms with Gasteiger partial charge in [-0.2, -0.15) is 0 Å². The number of benzene rings is 1. The predicted molar refractivity (Wildman–Crippen MR) is 89.9 cm³/mol. The molecule has 1 aromatic heterocycles. The average molecular weight is 310 g/mol. The number of hydrogen-bond donors (Lipinski definition) is 0. The summed E-state index contributed by atoms with van der Waals surface area (Å²) in [6, 6.07) is 9.97. The quantitative estimate of drug-likeness (QED) is 0.790. The van der Waals surface area contributed by atoms with E-state index in [1.807, 2.05) is 30.3 Å². The van der Waals surface area contributed by atoms with E-state index in [0.29, 0.717) is 5.89 Å². The van der Waals surface area contributed by atoms with Crippen LogP contribution in [0, 0.1) is 0 Å². The summed E-state index contributed by atoms with van der Waals surface area (Å²) in [5.41, 5.74) is 1.93. The molecule has 4 nitrogen and oxygen atoms in total. The summed E-state index contributed by atoms with van der Waals surface area (Å²) in [5.74, 6) is 1.69. The van der Waals surface area contributed by atoms with E-state index in [1.54, 1.807) is 4.90 Å². The average Bonchev–Trinajstić information content (AvgIpc) is 3.21. The maximum absolute atomic E-state index is 12.0. The second-order valence-electron chi connectivity index (χ2n) is 6.18. The zero-order valence-corrected chi connectivity index (χ0v) is 13.7. The minimum atomic E-state index is -0.0875. The molecule has 0 bridgehead atoms. The number of nitrogens with zero attached hydrogens (tertiary/aromatic N) is 2. The van der Waals surface area contributed by atoms with E-state index in [4.69, 9.17) is 9.40 Å². The highest BCUT2D eigenvalue weighted by atomic mass is 16.4. The number of carbonyl (C=O) groups excluding carboxylic acids is 1. The third-order valence-corrected chi connectivity index (χ3v) is 4.24. The summed E-state index contributed by atoms with van der Waals surface area (Å²) in [4.78, 5) is 18.6. The van der Waals surface area contributed by atoms with Crippen molar-refractivity contribution < 1.29 is 9.21 Å². The zero-order chi connectivity index (χ0) is 16.4. The first-order chi connectivity index (χ1) is 11.1. The van der Waals surface area contributed by atoms with Gasteiger partial charge >= 0.3 is 0 Å². The van der Waals surface area contributed by atoms with Crippen molar-refractivity contribution in [2.24, 2.45) is 0 Å². The van der Waals surface area contributed by atoms with Gasteiger partial charge in [0, 0.05) is 18.0 Å². The molecule has 0 saturated carbocycles. The van der Waals surface area contributed by atoms with Gasteiger partial charge < -0.3 is 9.32 Å². The van der Waals surface area contributed by atoms with Crippen LogP contribution in [0.4, 0.5) is 0 Å². The van der Waals surface area contributed by atoms with Crippen LogP contribution < -0.4 is 0 Å². The second kappa shape index (κ2) is 6.41. The first kappa shape index (κ1) is 15.5. The van der Waals surface area contributed by atoms with Gasteiger partial charge in [0.25, 0.3) is 0 Å². The third-order valence-electron chi connectivity index (χ3n) is 4.24. The Balaban J connectivity index is 2.01. The number of aromatic nitrogens is 1. The third kappa shape index (κ3) is 2.93. The molecule has 120 valence electrons. The summed E-state index contributed by atoms with van der Waals surface area (Å²) < 4.78 is 6.10. The maximum Gasteiger partial charge on any atom is 0.246 e. The van der Waals surface area contributed by atoms with E-state index >= 15 is 0 Å². The van der Waals surface area contributed by atoms with Crippen LogP contribution in [0.2, 0.25) is 0 Å². The van der Waals surface area contributed by atoms with Gasteiger partial charge in [-0.25, -0.2) is 4.98 Å². The van der Waals surface area contributed by atoms with Crippen molar-refractivity contribution in [2.45, 2.75) is 38.6 Å². The highest BCUT2D eigenvalue weighted by Gasteiger charge is 2.33. The van der Waals surface area contributed by atoms with Crippen molar-refractivity contribution in [1.82, 2.24) is 9.88 Å². The minimum Gasteiger partial charge on any atom is -0.442 e. The maximum atomic E-state index is 12.0. The van der Waals surface area contributed by atoms with Crippen molar-refractivity contribution in [2.75, 3.05) is 6.54 Å². The number of oxazole rings is 1. The molecule has 1 aliphatic heterocycles. The smallest absolute Gasteiger partial charge is 0.246 e. The Hall–Kier alpha value is -2.36. The van der Waals surface area contributed by atoms with Gasteiger partial charge in [-0.05, 0) is 18.9 Å². The summed E-state index contributed by atoms with van der Waals surface area (Å²) >= 11 is 0. The van der Waals surface area contributed by atoms with E-state index in [0.717, 1.165) is 36.4 Å². The molecule has 1 atom stereocenters. The molecule has 1 amide bonds. The molecule has 0 radical (unpaired) electrons. The lowest BCUT2D eigenvalue weighted by atomic mass is 10.0. The zero-order valence-electron chi connectivity index (χ0n) is 13.7. The van der Waals surface area contributed by atoms with Gasteiger partial charge in [-0.15, -0.1) is 0 Å². The molecule has 2 aromatic rings. The fourth-order valence-electron chi connectivity index (χ4n) is 3.09. The van der Waals surface area contributed by atoms with E-state index in [1.165, 1.54) is 6.08 Å². The normalized spacial score (nSPS) is 17.7. The Morgan fingerprint density at radius 1 is 1.39 bits per heavy atom. The lowest BCUT2D eigenvalue weighted by Crippen LogP contribution is -2.28. The molecule has 1 aromatic carbocycles. The predicted octanol–water partition coefficient (Wildman–Crippen LogP) is 4.31. The van der Waals surface area contributed by atoms with Crippen LogP contribution in [0.15, 0.2) is 47.4 Å². The van der Waals surface area contributed by atoms with Crippen molar-refractivity contribution in [3.8, 4) is 11.3 Å². The Morgan fingerprint density at radius 2 is 2.13 bits per heavy atom. The molecule has 0 N–H and O–H groups in total. The minimum absolute atomic E-state index is 0.0574. The molecule has 2 heterocycles. The fraction of sp³-hybridized carbons (Fsp3) is 0.368. The van der Waals surface area contributed by atoms with E-state index in [9.17, 15) is 4.79 Å². The molecule has 23 heavy (non-hydrogen) atoms. The van der Waals surface area contributed by atoms with Crippen LogP contribution in [0.1, 0.15) is 50.3 Å². The van der Waals surface area contributed by atoms with Gasteiger partial charge in [0.2, 0.25) is 11.8 Å². The van der Waals surface area contributed by atoms with E-state index in [2.05, 4.69) is 20.4 Å². The SMILES string of the molecule is C=CC(=O)N1CCCC1c1nc(-c2ccccc2)c(C(C)C)o1. The Labute approximate surface area is 136 Å². The van der Waals surface area contributed by atoms with Gasteiger partial charge in [0.05, 0.1) is 0 Å². The van der Waals surface area contributed by atoms with Gasteiger partial charge in [-0.1, -0.05) is 50.8 Å². The summed E-state index contributed by atoms with van der Waals surface area (Å²) in [6.45, 7) is 8.51. The van der Waals surface area contributed by atoms with Crippen molar-refractivity contribution >= 4 is 5.91 Å². The molecular formula is C19H22N2O2. The topological polar surface area (TPSA) is 46.3 Å². The standard InChI is InChI=1S/C19H22N2O2/c1-4-16(22)21-12-8-11-15(21)19-20-17(18(23-19)13(2)3)14-9-6-5-7-10-14/h4-7,9-10,13,15H,1,8,11-12H2,2-3H3. The van der Waals surface area contributed by atoms with Crippen LogP contribution in [0.25, 0.3) is 11.3 Å². The first-order valence-electron chi connectivity index (χ1n) is 8.11. The Morgan fingerprint density at radius 3 is 2.78 bits per heavy atom. The molecule has 1 unspecified atom stereocenters. The Kier molecular flexibility index (Phi) is 4.33. The van der Waals surface area contributed by atoms with Gasteiger partial charge in [0.15, 0.2) is 0 Å². The largest absolute Gasteiger partial charge is 0.442 e. The molecular weight excluding hydrogens is 288 g/mol.